The van der Waals surface area contributed by atoms with Gasteiger partial charge in [-0.1, -0.05) is 47.6 Å². The molecule has 4 fully saturated rings. The number of carbonyl (C=O) groups is 2. The number of esters is 2. The number of fused-ring (bicyclic) bond motifs is 7. The summed E-state index contributed by atoms with van der Waals surface area (Å²) in [6.07, 6.45) is 5.14. The molecule has 5 rings (SSSR count). The van der Waals surface area contributed by atoms with Crippen LogP contribution in [0.15, 0.2) is 23.3 Å². The Bertz CT molecular complexity index is 1300. The zero-order valence-electron chi connectivity index (χ0n) is 28.4. The van der Waals surface area contributed by atoms with E-state index >= 15 is 0 Å². The van der Waals surface area contributed by atoms with E-state index in [4.69, 9.17) is 22.1 Å². The van der Waals surface area contributed by atoms with Crippen LogP contribution in [0.2, 0.25) is 21.3 Å². The summed E-state index contributed by atoms with van der Waals surface area (Å²) < 4.78 is 11.1. The molecule has 0 saturated heterocycles. The molecule has 5 aliphatic carbocycles. The molecule has 0 aromatic rings. The van der Waals surface area contributed by atoms with E-state index in [2.05, 4.69) is 29.6 Å². The second kappa shape index (κ2) is 11.5. The van der Waals surface area contributed by atoms with Crippen LogP contribution in [0, 0.1) is 23.2 Å². The highest BCUT2D eigenvalue weighted by Crippen LogP contribution is 2.81. The Labute approximate surface area is 278 Å². The van der Waals surface area contributed by atoms with Gasteiger partial charge in [0, 0.05) is 23.8 Å². The van der Waals surface area contributed by atoms with Gasteiger partial charge in [0.1, 0.15) is 45.3 Å². The van der Waals surface area contributed by atoms with Crippen LogP contribution in [0.3, 0.4) is 0 Å². The second-order valence-corrected chi connectivity index (χ2v) is 17.5. The predicted molar refractivity (Wildman–Crippen MR) is 190 cm³/mol. The summed E-state index contributed by atoms with van der Waals surface area (Å²) in [5.74, 6) is -1.08. The second-order valence-electron chi connectivity index (χ2n) is 16.4. The molecule has 0 bridgehead atoms. The van der Waals surface area contributed by atoms with Gasteiger partial charge in [0.15, 0.2) is 6.10 Å². The molecule has 244 valence electrons. The Hall–Kier alpha value is -1.07. The van der Waals surface area contributed by atoms with Crippen LogP contribution in [0.1, 0.15) is 65.7 Å². The van der Waals surface area contributed by atoms with Crippen molar-refractivity contribution in [2.75, 3.05) is 13.2 Å². The molecule has 0 amide bonds. The van der Waals surface area contributed by atoms with Crippen molar-refractivity contribution in [2.45, 2.75) is 116 Å². The van der Waals surface area contributed by atoms with Crippen molar-refractivity contribution in [1.82, 2.24) is 0 Å². The van der Waals surface area contributed by atoms with Gasteiger partial charge >= 0.3 is 11.9 Å². The minimum Gasteiger partial charge on any atom is -0.458 e. The lowest BCUT2D eigenvalue weighted by Gasteiger charge is -2.73. The molecule has 0 aliphatic heterocycles. The van der Waals surface area contributed by atoms with Gasteiger partial charge in [-0.25, -0.2) is 4.79 Å². The first-order valence-electron chi connectivity index (χ1n) is 16.9. The normalized spacial score (nSPS) is 51.0. The molecule has 8 nitrogen and oxygen atoms in total. The van der Waals surface area contributed by atoms with E-state index in [9.17, 15) is 30.0 Å². The topological polar surface area (TPSA) is 134 Å². The molecule has 0 aromatic heterocycles. The largest absolute Gasteiger partial charge is 0.458 e. The van der Waals surface area contributed by atoms with E-state index in [1.165, 1.54) is 6.92 Å². The molecule has 0 heterocycles. The Kier molecular flexibility index (Phi) is 9.03. The lowest BCUT2D eigenvalue weighted by atomic mass is 9.21. The number of aliphatic hydroxyl groups excluding tert-OH is 4. The van der Waals surface area contributed by atoms with Crippen LogP contribution in [-0.2, 0) is 19.1 Å². The molecule has 5 aliphatic rings. The summed E-state index contributed by atoms with van der Waals surface area (Å²) in [7, 11) is 10.9. The molecule has 3 unspecified atom stereocenters. The average molecular weight is 638 g/mol. The van der Waals surface area contributed by atoms with Crippen LogP contribution >= 0.6 is 12.6 Å². The fourth-order valence-corrected chi connectivity index (χ4v) is 11.9. The van der Waals surface area contributed by atoms with Crippen LogP contribution in [0.4, 0.5) is 0 Å². The van der Waals surface area contributed by atoms with Gasteiger partial charge in [0.05, 0.1) is 24.2 Å². The summed E-state index contributed by atoms with van der Waals surface area (Å²) in [5.41, 5.74) is 0.279. The standard InChI is InChI=1S/C31H51B5O8S/c1-4-15(2)25(42)44-24-23(43-16(3)39)26(13-37)18(11-31(24,36)45)17-5-6-20-27(32)9-8-21(40)28(33,14-38)19(27)7-10-29(20,34)30(17,35)12-22(26)41/h4-5,18-24,37-38,40-41,45H,6-14,32-36H2,1-3H3/b15-4-/t18?,19?,20?,21-,22+,23-,24-,26-,27+,28-,29-,30-,31+/m0/s1. The molecular weight excluding hydrogens is 586 g/mol. The van der Waals surface area contributed by atoms with E-state index in [0.717, 1.165) is 31.3 Å². The molecule has 13 atom stereocenters. The Morgan fingerprint density at radius 2 is 1.62 bits per heavy atom. The SMILES string of the molecule is B[C@]12CC[C@H](O)[C@](B)(CO)C1CC[C@]1(B)C2CC=C2C3C[C@@](B)(S)[C@@H](OC(=O)/C(C)=C\C)[C@H](OC(C)=O)[C@]3(CO)[C@H](O)C[C@]21B. The minimum absolute atomic E-state index is 0.0482. The lowest BCUT2D eigenvalue weighted by Crippen LogP contribution is -2.72. The number of hydrogen-bond acceptors (Lipinski definition) is 9. The Morgan fingerprint density at radius 1 is 0.956 bits per heavy atom. The molecule has 4 saturated carbocycles. The van der Waals surface area contributed by atoms with Crippen molar-refractivity contribution in [3.8, 4) is 0 Å². The van der Waals surface area contributed by atoms with Gasteiger partial charge in [-0.15, -0.1) is 0 Å². The number of carbonyl (C=O) groups excluding carboxylic acids is 2. The first-order valence-corrected chi connectivity index (χ1v) is 17.3. The Morgan fingerprint density at radius 3 is 2.20 bits per heavy atom. The molecular formula is C31H51B5O8S. The molecule has 0 radical (unpaired) electrons. The lowest BCUT2D eigenvalue weighted by molar-refractivity contribution is -0.226. The summed E-state index contributed by atoms with van der Waals surface area (Å²) in [5, 5.41) is 43.9. The number of aliphatic hydroxyl groups is 4. The summed E-state index contributed by atoms with van der Waals surface area (Å²) in [4.78, 5) is 25.7. The monoisotopic (exact) mass is 638 g/mol. The van der Waals surface area contributed by atoms with Crippen LogP contribution in [0.25, 0.3) is 0 Å². The van der Waals surface area contributed by atoms with Gasteiger partial charge < -0.3 is 29.9 Å². The fraction of sp³-hybridized carbons (Fsp3) is 0.806. The van der Waals surface area contributed by atoms with Gasteiger partial charge in [-0.3, -0.25) is 4.79 Å². The zero-order chi connectivity index (χ0) is 33.5. The third-order valence-corrected chi connectivity index (χ3v) is 14.9. The van der Waals surface area contributed by atoms with Gasteiger partial charge in [0.2, 0.25) is 0 Å². The smallest absolute Gasteiger partial charge is 0.333 e. The summed E-state index contributed by atoms with van der Waals surface area (Å²) >= 11 is 5.07. The van der Waals surface area contributed by atoms with E-state index < -0.39 is 63.7 Å². The molecule has 14 heteroatoms. The van der Waals surface area contributed by atoms with E-state index in [1.807, 2.05) is 15.7 Å². The number of rotatable bonds is 5. The predicted octanol–water partition coefficient (Wildman–Crippen LogP) is -1.51. The number of ether oxygens (including phenoxy) is 2. The fourth-order valence-electron chi connectivity index (χ4n) is 11.5. The van der Waals surface area contributed by atoms with Crippen molar-refractivity contribution < 1.29 is 39.5 Å². The van der Waals surface area contributed by atoms with Gasteiger partial charge in [0.25, 0.3) is 0 Å². The highest BCUT2D eigenvalue weighted by Gasteiger charge is 2.73. The van der Waals surface area contributed by atoms with Crippen LogP contribution in [-0.4, -0.2) is 114 Å². The summed E-state index contributed by atoms with van der Waals surface area (Å²) in [6, 6.07) is 0. The third kappa shape index (κ3) is 4.76. The van der Waals surface area contributed by atoms with Crippen molar-refractivity contribution in [3.63, 3.8) is 0 Å². The van der Waals surface area contributed by atoms with Crippen molar-refractivity contribution in [2.24, 2.45) is 23.2 Å². The number of hydrogen-bond donors (Lipinski definition) is 5. The first-order chi connectivity index (χ1) is 20.8. The van der Waals surface area contributed by atoms with E-state index in [0.29, 0.717) is 24.8 Å². The quantitative estimate of drug-likeness (QED) is 0.0809. The van der Waals surface area contributed by atoms with Gasteiger partial charge in [-0.05, 0) is 67.9 Å². The minimum atomic E-state index is -1.29. The van der Waals surface area contributed by atoms with Crippen molar-refractivity contribution >= 4 is 63.8 Å². The van der Waals surface area contributed by atoms with Gasteiger partial charge in [-0.2, -0.15) is 12.6 Å². The maximum absolute atomic E-state index is 13.1. The van der Waals surface area contributed by atoms with Crippen LogP contribution < -0.4 is 0 Å². The average Bonchev–Trinajstić information content (AvgIpc) is 2.96. The maximum Gasteiger partial charge on any atom is 0.333 e. The maximum atomic E-state index is 13.1. The van der Waals surface area contributed by atoms with Crippen LogP contribution in [0.5, 0.6) is 0 Å². The van der Waals surface area contributed by atoms with E-state index in [-0.39, 0.29) is 35.0 Å². The highest BCUT2D eigenvalue weighted by molar-refractivity contribution is 7.83. The third-order valence-electron chi connectivity index (χ3n) is 14.5. The molecule has 4 N–H and O–H groups in total. The molecule has 0 aromatic carbocycles. The summed E-state index contributed by atoms with van der Waals surface area (Å²) in [6.45, 7) is 4.20. The molecule has 0 spiro atoms. The number of thiol groups is 1. The first kappa shape index (κ1) is 35.2. The van der Waals surface area contributed by atoms with Crippen molar-refractivity contribution in [1.29, 1.82) is 0 Å². The highest BCUT2D eigenvalue weighted by atomic mass is 32.1. The molecule has 45 heavy (non-hydrogen) atoms. The van der Waals surface area contributed by atoms with Crippen molar-refractivity contribution in [3.05, 3.63) is 23.3 Å². The van der Waals surface area contributed by atoms with E-state index in [1.54, 1.807) is 19.9 Å². The number of allylic oxidation sites excluding steroid dienone is 3. The zero-order valence-corrected chi connectivity index (χ0v) is 29.3. The Balaban J connectivity index is 1.63.